The predicted molar refractivity (Wildman–Crippen MR) is 82.6 cm³/mol. The maximum Gasteiger partial charge on any atom is 0.236 e. The second-order valence-electron chi connectivity index (χ2n) is 5.60. The van der Waals surface area contributed by atoms with E-state index in [9.17, 15) is 9.18 Å². The fraction of sp³-hybridized carbons (Fsp3) is 0.562. The molecule has 3 N–H and O–H groups in total. The molecular formula is C16H24FN3O. The molecule has 1 aliphatic rings. The number of amides is 1. The standard InChI is InChI=1S/C16H24FN3O/c1-2-19-10-12-7-8-15(14(17)9-12)20(11-16(18)21)13-5-3-4-6-13/h7-9,13,19H,2-6,10-11H2,1H3,(H2,18,21). The van der Waals surface area contributed by atoms with Gasteiger partial charge >= 0.3 is 0 Å². The van der Waals surface area contributed by atoms with Crippen molar-refractivity contribution in [1.82, 2.24) is 5.32 Å². The zero-order valence-electron chi connectivity index (χ0n) is 12.6. The van der Waals surface area contributed by atoms with Crippen LogP contribution in [0.4, 0.5) is 10.1 Å². The fourth-order valence-electron chi connectivity index (χ4n) is 2.96. The maximum absolute atomic E-state index is 14.4. The highest BCUT2D eigenvalue weighted by Gasteiger charge is 2.26. The first-order valence-electron chi connectivity index (χ1n) is 7.66. The molecule has 21 heavy (non-hydrogen) atoms. The third kappa shape index (κ3) is 4.17. The lowest BCUT2D eigenvalue weighted by Crippen LogP contribution is -2.40. The van der Waals surface area contributed by atoms with Gasteiger partial charge in [-0.2, -0.15) is 0 Å². The van der Waals surface area contributed by atoms with Gasteiger partial charge in [0.2, 0.25) is 5.91 Å². The number of carbonyl (C=O) groups is 1. The van der Waals surface area contributed by atoms with Crippen molar-refractivity contribution in [2.24, 2.45) is 5.73 Å². The number of halogens is 1. The molecule has 0 heterocycles. The highest BCUT2D eigenvalue weighted by molar-refractivity contribution is 5.79. The summed E-state index contributed by atoms with van der Waals surface area (Å²) in [7, 11) is 0. The van der Waals surface area contributed by atoms with Crippen LogP contribution < -0.4 is 16.0 Å². The van der Waals surface area contributed by atoms with Gasteiger partial charge in [-0.25, -0.2) is 4.39 Å². The molecule has 0 unspecified atom stereocenters. The number of nitrogens with two attached hydrogens (primary N) is 1. The van der Waals surface area contributed by atoms with E-state index in [1.807, 2.05) is 17.9 Å². The van der Waals surface area contributed by atoms with E-state index in [4.69, 9.17) is 5.73 Å². The third-order valence-corrected chi connectivity index (χ3v) is 3.99. The molecule has 116 valence electrons. The molecule has 0 saturated heterocycles. The Morgan fingerprint density at radius 3 is 2.71 bits per heavy atom. The van der Waals surface area contributed by atoms with Crippen molar-refractivity contribution in [1.29, 1.82) is 0 Å². The van der Waals surface area contributed by atoms with Crippen molar-refractivity contribution >= 4 is 11.6 Å². The van der Waals surface area contributed by atoms with Crippen LogP contribution in [0.5, 0.6) is 0 Å². The summed E-state index contributed by atoms with van der Waals surface area (Å²) < 4.78 is 14.4. The Morgan fingerprint density at radius 2 is 2.14 bits per heavy atom. The molecule has 5 heteroatoms. The number of nitrogens with one attached hydrogen (secondary N) is 1. The molecule has 1 fully saturated rings. The van der Waals surface area contributed by atoms with Crippen LogP contribution >= 0.6 is 0 Å². The van der Waals surface area contributed by atoms with E-state index in [0.717, 1.165) is 37.8 Å². The average molecular weight is 293 g/mol. The SMILES string of the molecule is CCNCc1ccc(N(CC(N)=O)C2CCCC2)c(F)c1. The van der Waals surface area contributed by atoms with Gasteiger partial charge in [-0.15, -0.1) is 0 Å². The Kier molecular flexibility index (Phi) is 5.56. The van der Waals surface area contributed by atoms with E-state index in [-0.39, 0.29) is 18.4 Å². The first-order valence-corrected chi connectivity index (χ1v) is 7.66. The molecule has 0 atom stereocenters. The molecule has 1 aromatic rings. The number of carbonyl (C=O) groups excluding carboxylic acids is 1. The van der Waals surface area contributed by atoms with Crippen LogP contribution in [0.15, 0.2) is 18.2 Å². The molecule has 2 rings (SSSR count). The minimum atomic E-state index is -0.418. The number of benzene rings is 1. The second kappa shape index (κ2) is 7.41. The van der Waals surface area contributed by atoms with Gasteiger partial charge < -0.3 is 16.0 Å². The highest BCUT2D eigenvalue weighted by Crippen LogP contribution is 2.30. The van der Waals surface area contributed by atoms with Crippen molar-refractivity contribution in [3.05, 3.63) is 29.6 Å². The first kappa shape index (κ1) is 15.8. The molecule has 1 aliphatic carbocycles. The van der Waals surface area contributed by atoms with E-state index >= 15 is 0 Å². The average Bonchev–Trinajstić information content (AvgIpc) is 2.97. The van der Waals surface area contributed by atoms with Crippen LogP contribution in [0, 0.1) is 5.82 Å². The number of anilines is 1. The maximum atomic E-state index is 14.4. The first-order chi connectivity index (χ1) is 10.1. The summed E-state index contributed by atoms with van der Waals surface area (Å²) in [4.78, 5) is 13.1. The van der Waals surface area contributed by atoms with Gasteiger partial charge in [0, 0.05) is 12.6 Å². The molecule has 0 aliphatic heterocycles. The summed E-state index contributed by atoms with van der Waals surface area (Å²) in [6.07, 6.45) is 4.23. The molecule has 1 aromatic carbocycles. The van der Waals surface area contributed by atoms with E-state index in [1.165, 1.54) is 0 Å². The summed E-state index contributed by atoms with van der Waals surface area (Å²) in [5.74, 6) is -0.698. The molecule has 4 nitrogen and oxygen atoms in total. The Labute approximate surface area is 125 Å². The normalized spacial score (nSPS) is 15.3. The minimum Gasteiger partial charge on any atom is -0.368 e. The number of primary amides is 1. The summed E-state index contributed by atoms with van der Waals surface area (Å²) in [5.41, 5.74) is 6.72. The second-order valence-corrected chi connectivity index (χ2v) is 5.60. The lowest BCUT2D eigenvalue weighted by Gasteiger charge is -2.30. The summed E-state index contributed by atoms with van der Waals surface area (Å²) in [6, 6.07) is 5.43. The van der Waals surface area contributed by atoms with Crippen LogP contribution in [-0.4, -0.2) is 25.0 Å². The Hall–Kier alpha value is -1.62. The highest BCUT2D eigenvalue weighted by atomic mass is 19.1. The van der Waals surface area contributed by atoms with Gasteiger partial charge in [0.1, 0.15) is 5.82 Å². The zero-order valence-corrected chi connectivity index (χ0v) is 12.6. The molecule has 0 spiro atoms. The van der Waals surface area contributed by atoms with Crippen molar-refractivity contribution in [3.8, 4) is 0 Å². The van der Waals surface area contributed by atoms with E-state index in [0.29, 0.717) is 12.2 Å². The van der Waals surface area contributed by atoms with Gasteiger partial charge in [0.05, 0.1) is 12.2 Å². The molecular weight excluding hydrogens is 269 g/mol. The molecule has 1 saturated carbocycles. The van der Waals surface area contributed by atoms with Crippen LogP contribution in [-0.2, 0) is 11.3 Å². The molecule has 0 radical (unpaired) electrons. The van der Waals surface area contributed by atoms with Crippen molar-refractivity contribution < 1.29 is 9.18 Å². The van der Waals surface area contributed by atoms with E-state index in [1.54, 1.807) is 12.1 Å². The van der Waals surface area contributed by atoms with Crippen LogP contribution in [0.1, 0.15) is 38.2 Å². The van der Waals surface area contributed by atoms with Crippen molar-refractivity contribution in [2.45, 2.75) is 45.2 Å². The number of nitrogens with zero attached hydrogens (tertiary/aromatic N) is 1. The number of hydrogen-bond donors (Lipinski definition) is 2. The summed E-state index contributed by atoms with van der Waals surface area (Å²) >= 11 is 0. The third-order valence-electron chi connectivity index (χ3n) is 3.99. The number of rotatable bonds is 7. The topological polar surface area (TPSA) is 58.4 Å². The lowest BCUT2D eigenvalue weighted by molar-refractivity contribution is -0.116. The van der Waals surface area contributed by atoms with Crippen LogP contribution in [0.25, 0.3) is 0 Å². The Bertz CT molecular complexity index is 486. The van der Waals surface area contributed by atoms with Crippen molar-refractivity contribution in [2.75, 3.05) is 18.0 Å². The Balaban J connectivity index is 2.20. The number of hydrogen-bond acceptors (Lipinski definition) is 3. The smallest absolute Gasteiger partial charge is 0.236 e. The quantitative estimate of drug-likeness (QED) is 0.810. The summed E-state index contributed by atoms with van der Waals surface area (Å²) in [5, 5.41) is 3.17. The van der Waals surface area contributed by atoms with Gasteiger partial charge in [0.25, 0.3) is 0 Å². The molecule has 0 bridgehead atoms. The minimum absolute atomic E-state index is 0.0775. The fourth-order valence-corrected chi connectivity index (χ4v) is 2.96. The van der Waals surface area contributed by atoms with Gasteiger partial charge in [-0.3, -0.25) is 4.79 Å². The van der Waals surface area contributed by atoms with Gasteiger partial charge in [-0.1, -0.05) is 25.8 Å². The van der Waals surface area contributed by atoms with E-state index < -0.39 is 5.91 Å². The summed E-state index contributed by atoms with van der Waals surface area (Å²) in [6.45, 7) is 3.58. The molecule has 0 aromatic heterocycles. The largest absolute Gasteiger partial charge is 0.368 e. The monoisotopic (exact) mass is 293 g/mol. The lowest BCUT2D eigenvalue weighted by atomic mass is 10.1. The van der Waals surface area contributed by atoms with Crippen LogP contribution in [0.2, 0.25) is 0 Å². The van der Waals surface area contributed by atoms with Gasteiger partial charge in [0.15, 0.2) is 0 Å². The molecule has 1 amide bonds. The van der Waals surface area contributed by atoms with Gasteiger partial charge in [-0.05, 0) is 37.1 Å². The van der Waals surface area contributed by atoms with Crippen molar-refractivity contribution in [3.63, 3.8) is 0 Å². The van der Waals surface area contributed by atoms with E-state index in [2.05, 4.69) is 5.32 Å². The Morgan fingerprint density at radius 1 is 1.43 bits per heavy atom. The zero-order chi connectivity index (χ0) is 15.2. The van der Waals surface area contributed by atoms with Crippen LogP contribution in [0.3, 0.4) is 0 Å². The predicted octanol–water partition coefficient (Wildman–Crippen LogP) is 2.17.